The van der Waals surface area contributed by atoms with Gasteiger partial charge < -0.3 is 0 Å². The maximum atomic E-state index is 4.82. The third-order valence-electron chi connectivity index (χ3n) is 3.93. The molecule has 126 valence electrons. The predicted molar refractivity (Wildman–Crippen MR) is 103 cm³/mol. The van der Waals surface area contributed by atoms with Gasteiger partial charge in [-0.1, -0.05) is 0 Å². The molecule has 0 N–H and O–H groups in total. The molecule has 4 rings (SSSR count). The Morgan fingerprint density at radius 2 is 1.60 bits per heavy atom. The van der Waals surface area contributed by atoms with Crippen molar-refractivity contribution in [1.29, 1.82) is 0 Å². The van der Waals surface area contributed by atoms with Gasteiger partial charge in [0.1, 0.15) is 0 Å². The number of anilines is 1. The van der Waals surface area contributed by atoms with Crippen molar-refractivity contribution in [3.8, 4) is 10.6 Å². The molecular formula is C21H18IN2S-. The Morgan fingerprint density at radius 3 is 2.32 bits per heavy atom. The monoisotopic (exact) mass is 457 g/mol. The summed E-state index contributed by atoms with van der Waals surface area (Å²) < 4.78 is 4.17. The number of hydrogen-bond donors (Lipinski definition) is 0. The van der Waals surface area contributed by atoms with Crippen LogP contribution in [0.4, 0.5) is 5.69 Å². The van der Waals surface area contributed by atoms with Crippen LogP contribution in [0.5, 0.6) is 0 Å². The van der Waals surface area contributed by atoms with Crippen molar-refractivity contribution in [3.05, 3.63) is 79.9 Å². The van der Waals surface area contributed by atoms with Gasteiger partial charge >= 0.3 is 163 Å². The summed E-state index contributed by atoms with van der Waals surface area (Å²) in [5.74, 6) is 0. The molecule has 0 aliphatic rings. The second-order valence-electron chi connectivity index (χ2n) is 5.96. The van der Waals surface area contributed by atoms with E-state index in [1.54, 1.807) is 11.3 Å². The van der Waals surface area contributed by atoms with Gasteiger partial charge in [0.15, 0.2) is 0 Å². The quantitative estimate of drug-likeness (QED) is 0.437. The first-order valence-electron chi connectivity index (χ1n) is 8.07. The van der Waals surface area contributed by atoms with E-state index in [0.29, 0.717) is 0 Å². The molecule has 0 bridgehead atoms. The Balaban J connectivity index is 1.64. The first-order chi connectivity index (χ1) is 12.2. The predicted octanol–water partition coefficient (Wildman–Crippen LogP) is 2.16. The molecule has 1 heterocycles. The number of benzene rings is 3. The zero-order chi connectivity index (χ0) is 17.2. The molecular weight excluding hydrogens is 439 g/mol. The molecule has 4 heteroatoms. The normalized spacial score (nSPS) is 11.1. The average molecular weight is 457 g/mol. The van der Waals surface area contributed by atoms with E-state index < -0.39 is 0 Å². The minimum atomic E-state index is -0.131. The summed E-state index contributed by atoms with van der Waals surface area (Å²) >= 11 is 1.65. The number of aromatic nitrogens is 1. The Bertz CT molecular complexity index is 992. The third kappa shape index (κ3) is 3.70. The van der Waals surface area contributed by atoms with Crippen molar-refractivity contribution in [2.45, 2.75) is 0 Å². The summed E-state index contributed by atoms with van der Waals surface area (Å²) in [4.78, 5) is 6.94. The number of rotatable bonds is 4. The van der Waals surface area contributed by atoms with Crippen LogP contribution in [0.1, 0.15) is 0 Å². The van der Waals surface area contributed by atoms with Crippen LogP contribution in [-0.4, -0.2) is 19.1 Å². The number of nitrogens with zero attached hydrogens (tertiary/aromatic N) is 2. The van der Waals surface area contributed by atoms with Crippen LogP contribution < -0.4 is 26.1 Å². The topological polar surface area (TPSA) is 16.1 Å². The summed E-state index contributed by atoms with van der Waals surface area (Å²) in [5, 5.41) is 1.09. The number of thiazole rings is 1. The Kier molecular flexibility index (Phi) is 4.72. The molecule has 0 atom stereocenters. The van der Waals surface area contributed by atoms with Gasteiger partial charge in [-0.05, 0) is 0 Å². The molecule has 0 aliphatic carbocycles. The van der Waals surface area contributed by atoms with Crippen LogP contribution in [0.2, 0.25) is 0 Å². The van der Waals surface area contributed by atoms with Crippen molar-refractivity contribution in [3.63, 3.8) is 0 Å². The summed E-state index contributed by atoms with van der Waals surface area (Å²) in [5.41, 5.74) is 3.49. The average Bonchev–Trinajstić information content (AvgIpc) is 3.06. The van der Waals surface area contributed by atoms with E-state index in [1.165, 1.54) is 23.1 Å². The minimum absolute atomic E-state index is 0.131. The van der Waals surface area contributed by atoms with E-state index in [1.807, 2.05) is 0 Å². The summed E-state index contributed by atoms with van der Waals surface area (Å²) in [6.07, 6.45) is 0. The van der Waals surface area contributed by atoms with Gasteiger partial charge in [-0.25, -0.2) is 0 Å². The molecule has 2 nitrogen and oxygen atoms in total. The van der Waals surface area contributed by atoms with Crippen molar-refractivity contribution >= 4 is 27.2 Å². The van der Waals surface area contributed by atoms with Gasteiger partial charge in [-0.2, -0.15) is 0 Å². The van der Waals surface area contributed by atoms with E-state index in [9.17, 15) is 0 Å². The van der Waals surface area contributed by atoms with Gasteiger partial charge in [0.2, 0.25) is 0 Å². The van der Waals surface area contributed by atoms with Gasteiger partial charge in [0, 0.05) is 0 Å². The van der Waals surface area contributed by atoms with E-state index in [2.05, 4.69) is 91.8 Å². The van der Waals surface area contributed by atoms with E-state index in [-0.39, 0.29) is 21.2 Å². The summed E-state index contributed by atoms with van der Waals surface area (Å²) in [6, 6.07) is 26.1. The second kappa shape index (κ2) is 7.14. The van der Waals surface area contributed by atoms with Crippen LogP contribution >= 0.6 is 11.3 Å². The van der Waals surface area contributed by atoms with Gasteiger partial charge in [-0.15, -0.1) is 0 Å². The Hall–Kier alpha value is -1.92. The molecule has 4 aromatic rings. The number of halogens is 1. The molecule has 3 aromatic carbocycles. The fraction of sp³-hybridized carbons (Fsp3) is 0.0952. The third-order valence-corrected chi connectivity index (χ3v) is 7.64. The first kappa shape index (κ1) is 16.5. The van der Waals surface area contributed by atoms with Crippen LogP contribution in [-0.2, 0) is 0 Å². The van der Waals surface area contributed by atoms with Crippen molar-refractivity contribution in [2.75, 3.05) is 19.0 Å². The SMILES string of the molecule is CN(C)c1ccc(-c2nc3ccc([I-]c4ccccc4)cc3s2)cc1. The summed E-state index contributed by atoms with van der Waals surface area (Å²) in [7, 11) is 4.12. The first-order valence-corrected chi connectivity index (χ1v) is 11.0. The van der Waals surface area contributed by atoms with Gasteiger partial charge in [-0.3, -0.25) is 0 Å². The molecule has 0 aliphatic heterocycles. The van der Waals surface area contributed by atoms with E-state index >= 15 is 0 Å². The standard InChI is InChI=1S/C21H18IN2S/c1-24(2)18-11-8-15(9-12-18)21-23-19-13-10-17(14-20(19)25-21)22-16-6-4-3-5-7-16/h3-14H,1-2H3/q-1. The van der Waals surface area contributed by atoms with Gasteiger partial charge in [0.05, 0.1) is 0 Å². The zero-order valence-corrected chi connectivity index (χ0v) is 17.1. The van der Waals surface area contributed by atoms with Crippen molar-refractivity contribution in [1.82, 2.24) is 4.98 Å². The number of hydrogen-bond acceptors (Lipinski definition) is 3. The molecule has 0 spiro atoms. The second-order valence-corrected chi connectivity index (χ2v) is 10.0. The fourth-order valence-electron chi connectivity index (χ4n) is 2.59. The molecule has 0 radical (unpaired) electrons. The zero-order valence-electron chi connectivity index (χ0n) is 14.1. The molecule has 0 saturated heterocycles. The van der Waals surface area contributed by atoms with Gasteiger partial charge in [0.25, 0.3) is 0 Å². The molecule has 0 saturated carbocycles. The summed E-state index contributed by atoms with van der Waals surface area (Å²) in [6.45, 7) is 0. The van der Waals surface area contributed by atoms with Crippen LogP contribution in [0.25, 0.3) is 20.8 Å². The Labute approximate surface area is 162 Å². The number of fused-ring (bicyclic) bond motifs is 1. The molecule has 25 heavy (non-hydrogen) atoms. The van der Waals surface area contributed by atoms with E-state index in [0.717, 1.165) is 10.5 Å². The van der Waals surface area contributed by atoms with E-state index in [4.69, 9.17) is 4.98 Å². The fourth-order valence-corrected chi connectivity index (χ4v) is 6.13. The molecule has 1 aromatic heterocycles. The van der Waals surface area contributed by atoms with Crippen molar-refractivity contribution in [2.24, 2.45) is 0 Å². The molecule has 0 unspecified atom stereocenters. The molecule has 0 amide bonds. The van der Waals surface area contributed by atoms with Crippen LogP contribution in [0.15, 0.2) is 72.8 Å². The molecule has 0 fully saturated rings. The van der Waals surface area contributed by atoms with Crippen LogP contribution in [0, 0.1) is 7.14 Å². The van der Waals surface area contributed by atoms with Crippen LogP contribution in [0.3, 0.4) is 0 Å². The van der Waals surface area contributed by atoms with Crippen molar-refractivity contribution < 1.29 is 21.2 Å². The maximum absolute atomic E-state index is 4.82. The Morgan fingerprint density at radius 1 is 0.840 bits per heavy atom.